The molecule has 0 saturated heterocycles. The second-order valence-corrected chi connectivity index (χ2v) is 8.51. The van der Waals surface area contributed by atoms with Gasteiger partial charge in [-0.05, 0) is 61.1 Å². The summed E-state index contributed by atoms with van der Waals surface area (Å²) in [6.45, 7) is 0.187. The van der Waals surface area contributed by atoms with E-state index >= 15 is 0 Å². The first kappa shape index (κ1) is 18.6. The van der Waals surface area contributed by atoms with Gasteiger partial charge < -0.3 is 0 Å². The van der Waals surface area contributed by atoms with E-state index in [9.17, 15) is 13.2 Å². The molecule has 0 radical (unpaired) electrons. The molecule has 9 heteroatoms. The molecule has 2 heterocycles. The molecule has 0 unspecified atom stereocenters. The summed E-state index contributed by atoms with van der Waals surface area (Å²) in [4.78, 5) is 12.3. The van der Waals surface area contributed by atoms with Crippen LogP contribution in [0.5, 0.6) is 0 Å². The van der Waals surface area contributed by atoms with Crippen LogP contribution in [-0.2, 0) is 29.4 Å². The van der Waals surface area contributed by atoms with E-state index in [0.29, 0.717) is 5.82 Å². The van der Waals surface area contributed by atoms with Gasteiger partial charge in [0.2, 0.25) is 10.0 Å². The Labute approximate surface area is 162 Å². The third-order valence-corrected chi connectivity index (χ3v) is 6.30. The van der Waals surface area contributed by atoms with Crippen LogP contribution in [0.4, 0.5) is 0 Å². The number of sulfonamides is 1. The van der Waals surface area contributed by atoms with E-state index < -0.39 is 10.0 Å². The molecule has 0 amide bonds. The van der Waals surface area contributed by atoms with E-state index in [-0.39, 0.29) is 23.5 Å². The van der Waals surface area contributed by atoms with Crippen molar-refractivity contribution in [1.29, 1.82) is 0 Å². The Morgan fingerprint density at radius 1 is 1.07 bits per heavy atom. The normalized spacial score (nSPS) is 14.0. The number of rotatable bonds is 6. The molecule has 0 spiro atoms. The number of aryl methyl sites for hydroxylation is 2. The summed E-state index contributed by atoms with van der Waals surface area (Å²) in [5.41, 5.74) is 2.04. The third-order valence-electron chi connectivity index (χ3n) is 4.84. The molecule has 1 aliphatic carbocycles. The Hall–Kier alpha value is -2.78. The molecule has 0 aliphatic heterocycles. The standard InChI is InChI=1S/C19H21N5O3S/c25-19-9-8-18(23-12-3-10-20-23)22-24(19)13-11-21-28(26,27)17-7-6-15-4-1-2-5-16(15)14-17/h3,6-10,12,14,21H,1-2,4-5,11,13H2. The van der Waals surface area contributed by atoms with E-state index in [4.69, 9.17) is 0 Å². The number of nitrogens with zero attached hydrogens (tertiary/aromatic N) is 4. The number of nitrogens with one attached hydrogen (secondary N) is 1. The van der Waals surface area contributed by atoms with Crippen LogP contribution in [0, 0.1) is 0 Å². The van der Waals surface area contributed by atoms with Crippen LogP contribution in [0.15, 0.2) is 58.5 Å². The van der Waals surface area contributed by atoms with Crippen LogP contribution in [-0.4, -0.2) is 34.5 Å². The molecule has 0 atom stereocenters. The fraction of sp³-hybridized carbons (Fsp3) is 0.316. The lowest BCUT2D eigenvalue weighted by atomic mass is 9.92. The van der Waals surface area contributed by atoms with Gasteiger partial charge in [0.1, 0.15) is 0 Å². The molecule has 0 fully saturated rings. The maximum Gasteiger partial charge on any atom is 0.266 e. The summed E-state index contributed by atoms with van der Waals surface area (Å²) in [5, 5.41) is 8.31. The molecule has 4 rings (SSSR count). The first-order chi connectivity index (χ1) is 13.5. The molecule has 2 aromatic heterocycles. The third kappa shape index (κ3) is 3.90. The minimum Gasteiger partial charge on any atom is -0.268 e. The predicted molar refractivity (Wildman–Crippen MR) is 104 cm³/mol. The van der Waals surface area contributed by atoms with Gasteiger partial charge in [0.15, 0.2) is 5.82 Å². The Kier molecular flexibility index (Phi) is 5.10. The average molecular weight is 399 g/mol. The van der Waals surface area contributed by atoms with Crippen LogP contribution in [0.3, 0.4) is 0 Å². The molecule has 28 heavy (non-hydrogen) atoms. The summed E-state index contributed by atoms with van der Waals surface area (Å²) in [7, 11) is -3.64. The first-order valence-corrected chi connectivity index (χ1v) is 10.7. The van der Waals surface area contributed by atoms with Gasteiger partial charge >= 0.3 is 0 Å². The maximum absolute atomic E-state index is 12.6. The quantitative estimate of drug-likeness (QED) is 0.673. The number of benzene rings is 1. The average Bonchev–Trinajstić information content (AvgIpc) is 3.24. The number of fused-ring (bicyclic) bond motifs is 1. The fourth-order valence-corrected chi connectivity index (χ4v) is 4.44. The van der Waals surface area contributed by atoms with Gasteiger partial charge in [-0.15, -0.1) is 5.10 Å². The highest BCUT2D eigenvalue weighted by Gasteiger charge is 2.17. The van der Waals surface area contributed by atoms with E-state index in [1.54, 1.807) is 36.7 Å². The molecule has 1 aromatic carbocycles. The fourth-order valence-electron chi connectivity index (χ4n) is 3.37. The molecule has 8 nitrogen and oxygen atoms in total. The second-order valence-electron chi connectivity index (χ2n) is 6.74. The Morgan fingerprint density at radius 3 is 2.68 bits per heavy atom. The summed E-state index contributed by atoms with van der Waals surface area (Å²) in [6, 6.07) is 10.0. The van der Waals surface area contributed by atoms with Crippen LogP contribution in [0.25, 0.3) is 5.82 Å². The summed E-state index contributed by atoms with van der Waals surface area (Å²) < 4.78 is 30.6. The van der Waals surface area contributed by atoms with Gasteiger partial charge in [-0.25, -0.2) is 22.5 Å². The zero-order chi connectivity index (χ0) is 19.6. The SMILES string of the molecule is O=c1ccc(-n2cccn2)nn1CCNS(=O)(=O)c1ccc2c(c1)CCCC2. The lowest BCUT2D eigenvalue weighted by Gasteiger charge is -2.16. The maximum atomic E-state index is 12.6. The Balaban J connectivity index is 1.46. The van der Waals surface area contributed by atoms with Crippen LogP contribution >= 0.6 is 0 Å². The predicted octanol–water partition coefficient (Wildman–Crippen LogP) is 1.29. The molecule has 0 bridgehead atoms. The molecular weight excluding hydrogens is 378 g/mol. The first-order valence-electron chi connectivity index (χ1n) is 9.23. The van der Waals surface area contributed by atoms with E-state index in [2.05, 4.69) is 14.9 Å². The van der Waals surface area contributed by atoms with Crippen molar-refractivity contribution in [3.63, 3.8) is 0 Å². The summed E-state index contributed by atoms with van der Waals surface area (Å²) >= 11 is 0. The monoisotopic (exact) mass is 399 g/mol. The highest BCUT2D eigenvalue weighted by atomic mass is 32.2. The number of aromatic nitrogens is 4. The Bertz CT molecular complexity index is 1140. The minimum atomic E-state index is -3.64. The van der Waals surface area contributed by atoms with E-state index in [0.717, 1.165) is 31.2 Å². The van der Waals surface area contributed by atoms with Gasteiger partial charge in [0, 0.05) is 25.0 Å². The van der Waals surface area contributed by atoms with E-state index in [1.165, 1.54) is 21.0 Å². The molecule has 0 saturated carbocycles. The van der Waals surface area contributed by atoms with Crippen molar-refractivity contribution in [1.82, 2.24) is 24.3 Å². The van der Waals surface area contributed by atoms with Crippen molar-refractivity contribution in [2.75, 3.05) is 6.54 Å². The van der Waals surface area contributed by atoms with Crippen molar-refractivity contribution in [2.45, 2.75) is 37.1 Å². The zero-order valence-corrected chi connectivity index (χ0v) is 16.1. The lowest BCUT2D eigenvalue weighted by Crippen LogP contribution is -2.32. The van der Waals surface area contributed by atoms with Gasteiger partial charge in [0.05, 0.1) is 11.4 Å². The summed E-state index contributed by atoms with van der Waals surface area (Å²) in [6.07, 6.45) is 7.49. The van der Waals surface area contributed by atoms with Crippen molar-refractivity contribution < 1.29 is 8.42 Å². The highest BCUT2D eigenvalue weighted by Crippen LogP contribution is 2.23. The van der Waals surface area contributed by atoms with Crippen LogP contribution < -0.4 is 10.3 Å². The van der Waals surface area contributed by atoms with Gasteiger partial charge in [-0.1, -0.05) is 6.07 Å². The Morgan fingerprint density at radius 2 is 1.89 bits per heavy atom. The minimum absolute atomic E-state index is 0.0644. The van der Waals surface area contributed by atoms with Crippen molar-refractivity contribution >= 4 is 10.0 Å². The topological polar surface area (TPSA) is 98.9 Å². The molecule has 146 valence electrons. The highest BCUT2D eigenvalue weighted by molar-refractivity contribution is 7.89. The van der Waals surface area contributed by atoms with Crippen molar-refractivity contribution in [3.05, 3.63) is 70.3 Å². The summed E-state index contributed by atoms with van der Waals surface area (Å²) in [5.74, 6) is 0.488. The second kappa shape index (κ2) is 7.69. The molecule has 1 aliphatic rings. The zero-order valence-electron chi connectivity index (χ0n) is 15.3. The lowest BCUT2D eigenvalue weighted by molar-refractivity contribution is 0.542. The van der Waals surface area contributed by atoms with E-state index in [1.807, 2.05) is 6.07 Å². The molecular formula is C19H21N5O3S. The van der Waals surface area contributed by atoms with Crippen LogP contribution in [0.1, 0.15) is 24.0 Å². The number of hydrogen-bond acceptors (Lipinski definition) is 5. The number of hydrogen-bond donors (Lipinski definition) is 1. The van der Waals surface area contributed by atoms with Gasteiger partial charge in [-0.2, -0.15) is 5.10 Å². The van der Waals surface area contributed by atoms with Gasteiger partial charge in [-0.3, -0.25) is 4.79 Å². The molecule has 3 aromatic rings. The van der Waals surface area contributed by atoms with Crippen LogP contribution in [0.2, 0.25) is 0 Å². The smallest absolute Gasteiger partial charge is 0.266 e. The van der Waals surface area contributed by atoms with Crippen molar-refractivity contribution in [3.8, 4) is 5.82 Å². The largest absolute Gasteiger partial charge is 0.268 e. The van der Waals surface area contributed by atoms with Crippen molar-refractivity contribution in [2.24, 2.45) is 0 Å². The molecule has 1 N–H and O–H groups in total. The van der Waals surface area contributed by atoms with Gasteiger partial charge in [0.25, 0.3) is 5.56 Å².